The van der Waals surface area contributed by atoms with Crippen LogP contribution in [0.1, 0.15) is 47.4 Å². The number of anilines is 1. The van der Waals surface area contributed by atoms with Gasteiger partial charge in [0.25, 0.3) is 5.91 Å². The summed E-state index contributed by atoms with van der Waals surface area (Å²) in [4.78, 5) is 22.2. The van der Waals surface area contributed by atoms with E-state index in [-0.39, 0.29) is 25.6 Å². The van der Waals surface area contributed by atoms with Gasteiger partial charge in [0.1, 0.15) is 23.5 Å². The number of para-hydroxylation sites is 1. The van der Waals surface area contributed by atoms with Crippen molar-refractivity contribution in [1.82, 2.24) is 14.5 Å². The highest BCUT2D eigenvalue weighted by Crippen LogP contribution is 2.32. The van der Waals surface area contributed by atoms with E-state index in [0.717, 1.165) is 5.39 Å². The summed E-state index contributed by atoms with van der Waals surface area (Å²) < 4.78 is 7.41. The number of carbonyl (C=O) groups excluding carboxylic acids is 1. The van der Waals surface area contributed by atoms with E-state index in [0.29, 0.717) is 22.4 Å². The minimum Gasteiger partial charge on any atom is -0.389 e. The van der Waals surface area contributed by atoms with Gasteiger partial charge in [-0.05, 0) is 47.6 Å². The fraction of sp³-hybridized carbons (Fsp3) is 0.522. The predicted molar refractivity (Wildman–Crippen MR) is 122 cm³/mol. The number of fused-ring (bicyclic) bond motifs is 3. The lowest BCUT2D eigenvalue weighted by molar-refractivity contribution is -0.144. The van der Waals surface area contributed by atoms with Crippen molar-refractivity contribution in [2.45, 2.75) is 71.5 Å². The Labute approximate surface area is 187 Å². The molecule has 9 nitrogen and oxygen atoms in total. The molecular weight excluding hydrogens is 412 g/mol. The van der Waals surface area contributed by atoms with E-state index in [4.69, 9.17) is 4.74 Å². The van der Waals surface area contributed by atoms with E-state index in [9.17, 15) is 20.1 Å². The van der Waals surface area contributed by atoms with Gasteiger partial charge >= 0.3 is 0 Å². The van der Waals surface area contributed by atoms with Crippen molar-refractivity contribution in [2.24, 2.45) is 0 Å². The second-order valence-corrected chi connectivity index (χ2v) is 9.83. The number of ether oxygens (including phenoxy) is 1. The van der Waals surface area contributed by atoms with Gasteiger partial charge in [-0.15, -0.1) is 0 Å². The molecule has 174 valence electrons. The largest absolute Gasteiger partial charge is 0.389 e. The van der Waals surface area contributed by atoms with E-state index in [1.807, 2.05) is 24.3 Å². The molecule has 2 heterocycles. The number of rotatable bonds is 8. The summed E-state index contributed by atoms with van der Waals surface area (Å²) in [5.41, 5.74) is -1.69. The zero-order chi connectivity index (χ0) is 23.9. The number of aliphatic hydroxyl groups is 3. The molecule has 0 atom stereocenters. The third-order valence-electron chi connectivity index (χ3n) is 4.91. The molecule has 4 N–H and O–H groups in total. The normalized spacial score (nSPS) is 13.2. The number of pyridine rings is 1. The molecule has 0 saturated carbocycles. The topological polar surface area (TPSA) is 130 Å². The number of benzene rings is 1. The van der Waals surface area contributed by atoms with Crippen LogP contribution in [-0.2, 0) is 22.7 Å². The monoisotopic (exact) mass is 444 g/mol. The van der Waals surface area contributed by atoms with Gasteiger partial charge in [0.15, 0.2) is 5.82 Å². The van der Waals surface area contributed by atoms with Crippen molar-refractivity contribution < 1.29 is 24.9 Å². The smallest absolute Gasteiger partial charge is 0.257 e. The maximum absolute atomic E-state index is 13.0. The van der Waals surface area contributed by atoms with Crippen LogP contribution in [-0.4, -0.2) is 59.2 Å². The Bertz CT molecular complexity index is 1140. The summed E-state index contributed by atoms with van der Waals surface area (Å²) in [6.45, 7) is 9.60. The summed E-state index contributed by atoms with van der Waals surface area (Å²) in [5, 5.41) is 33.9. The second kappa shape index (κ2) is 8.40. The first-order chi connectivity index (χ1) is 14.7. The second-order valence-electron chi connectivity index (χ2n) is 9.83. The number of carbonyl (C=O) groups is 1. The number of aromatic nitrogens is 3. The Morgan fingerprint density at radius 2 is 1.72 bits per heavy atom. The van der Waals surface area contributed by atoms with Gasteiger partial charge in [-0.3, -0.25) is 4.79 Å². The highest BCUT2D eigenvalue weighted by Gasteiger charge is 2.32. The van der Waals surface area contributed by atoms with Crippen LogP contribution in [0.4, 0.5) is 5.82 Å². The molecule has 2 aromatic heterocycles. The van der Waals surface area contributed by atoms with Crippen LogP contribution in [0.15, 0.2) is 24.3 Å². The lowest BCUT2D eigenvalue weighted by Gasteiger charge is -2.28. The van der Waals surface area contributed by atoms with Crippen molar-refractivity contribution in [3.05, 3.63) is 30.1 Å². The van der Waals surface area contributed by atoms with Crippen LogP contribution >= 0.6 is 0 Å². The number of amides is 1. The molecule has 32 heavy (non-hydrogen) atoms. The van der Waals surface area contributed by atoms with E-state index in [1.165, 1.54) is 0 Å². The molecule has 1 aromatic carbocycles. The van der Waals surface area contributed by atoms with E-state index in [2.05, 4.69) is 15.3 Å². The highest BCUT2D eigenvalue weighted by molar-refractivity contribution is 6.10. The molecule has 0 radical (unpaired) electrons. The first kappa shape index (κ1) is 24.1. The summed E-state index contributed by atoms with van der Waals surface area (Å²) >= 11 is 0. The first-order valence-corrected chi connectivity index (χ1v) is 10.5. The molecule has 0 saturated heterocycles. The Morgan fingerprint density at radius 3 is 2.31 bits per heavy atom. The highest BCUT2D eigenvalue weighted by atomic mass is 16.5. The number of hydrogen-bond acceptors (Lipinski definition) is 7. The minimum absolute atomic E-state index is 0.0250. The van der Waals surface area contributed by atoms with E-state index < -0.39 is 22.7 Å². The number of hydrogen-bond donors (Lipinski definition) is 4. The Hall–Kier alpha value is -2.59. The van der Waals surface area contributed by atoms with E-state index >= 15 is 0 Å². The number of nitrogens with one attached hydrogen (secondary N) is 1. The molecule has 0 aliphatic carbocycles. The van der Waals surface area contributed by atoms with Gasteiger partial charge in [0.05, 0.1) is 35.4 Å². The molecule has 0 unspecified atom stereocenters. The van der Waals surface area contributed by atoms with Crippen LogP contribution < -0.4 is 5.32 Å². The molecule has 0 aliphatic heterocycles. The maximum Gasteiger partial charge on any atom is 0.257 e. The zero-order valence-corrected chi connectivity index (χ0v) is 19.4. The van der Waals surface area contributed by atoms with Gasteiger partial charge < -0.3 is 29.9 Å². The van der Waals surface area contributed by atoms with Crippen LogP contribution in [0, 0.1) is 0 Å². The molecule has 0 aliphatic rings. The van der Waals surface area contributed by atoms with Crippen molar-refractivity contribution in [3.63, 3.8) is 0 Å². The zero-order valence-electron chi connectivity index (χ0n) is 19.4. The Kier molecular flexibility index (Phi) is 6.32. The molecule has 1 amide bonds. The number of imidazole rings is 1. The Morgan fingerprint density at radius 1 is 1.06 bits per heavy atom. The number of aliphatic hydroxyl groups excluding tert-OH is 1. The fourth-order valence-electron chi connectivity index (χ4n) is 3.33. The molecule has 0 bridgehead atoms. The van der Waals surface area contributed by atoms with Gasteiger partial charge in [-0.2, -0.15) is 0 Å². The van der Waals surface area contributed by atoms with Crippen LogP contribution in [0.2, 0.25) is 0 Å². The first-order valence-electron chi connectivity index (χ1n) is 10.5. The Balaban J connectivity index is 2.12. The average molecular weight is 445 g/mol. The minimum atomic E-state index is -1.24. The standard InChI is InChI=1S/C23H32N4O5/c1-21(2,30)12-27-16(11-28)25-17-18(27)14-9-7-8-10-15(14)24-19(17)26-20(29)23(5,6)32-13-22(3,4)31/h7-10,28,30-31H,11-13H2,1-6H3,(H,24,26,29). The van der Waals surface area contributed by atoms with Gasteiger partial charge in [0, 0.05) is 5.39 Å². The molecule has 3 rings (SSSR count). The predicted octanol–water partition coefficient (Wildman–Crippen LogP) is 2.35. The quantitative estimate of drug-likeness (QED) is 0.420. The van der Waals surface area contributed by atoms with Crippen molar-refractivity contribution in [2.75, 3.05) is 11.9 Å². The third-order valence-corrected chi connectivity index (χ3v) is 4.91. The van der Waals surface area contributed by atoms with Crippen LogP contribution in [0.3, 0.4) is 0 Å². The summed E-state index contributed by atoms with van der Waals surface area (Å²) in [5.74, 6) is 0.134. The maximum atomic E-state index is 13.0. The van der Waals surface area contributed by atoms with Crippen LogP contribution in [0.5, 0.6) is 0 Å². The van der Waals surface area contributed by atoms with E-state index in [1.54, 1.807) is 46.1 Å². The summed E-state index contributed by atoms with van der Waals surface area (Å²) in [7, 11) is 0. The third kappa shape index (κ3) is 5.24. The van der Waals surface area contributed by atoms with Gasteiger partial charge in [-0.25, -0.2) is 9.97 Å². The SMILES string of the molecule is CC(C)(O)COC(C)(C)C(=O)Nc1nc2ccccc2c2c1nc(CO)n2CC(C)(C)O. The van der Waals surface area contributed by atoms with Crippen molar-refractivity contribution in [1.29, 1.82) is 0 Å². The lowest BCUT2D eigenvalue weighted by Crippen LogP contribution is -2.43. The molecule has 9 heteroatoms. The summed E-state index contributed by atoms with van der Waals surface area (Å²) in [6, 6.07) is 7.42. The van der Waals surface area contributed by atoms with Gasteiger partial charge in [0.2, 0.25) is 0 Å². The van der Waals surface area contributed by atoms with Crippen molar-refractivity contribution >= 4 is 33.7 Å². The van der Waals surface area contributed by atoms with Gasteiger partial charge in [-0.1, -0.05) is 18.2 Å². The lowest BCUT2D eigenvalue weighted by atomic mass is 10.1. The summed E-state index contributed by atoms with van der Waals surface area (Å²) in [6.07, 6.45) is 0. The average Bonchev–Trinajstić information content (AvgIpc) is 3.03. The van der Waals surface area contributed by atoms with Crippen molar-refractivity contribution in [3.8, 4) is 0 Å². The molecule has 0 fully saturated rings. The molecular formula is C23H32N4O5. The number of nitrogens with zero attached hydrogens (tertiary/aromatic N) is 3. The van der Waals surface area contributed by atoms with Crippen LogP contribution in [0.25, 0.3) is 21.9 Å². The molecule has 0 spiro atoms. The molecule has 3 aromatic rings. The fourth-order valence-corrected chi connectivity index (χ4v) is 3.33.